The van der Waals surface area contributed by atoms with Gasteiger partial charge in [0.1, 0.15) is 5.75 Å². The number of likely N-dealkylation sites (tertiary alicyclic amines) is 1. The topological polar surface area (TPSA) is 69.6 Å². The van der Waals surface area contributed by atoms with Crippen molar-refractivity contribution in [1.82, 2.24) is 10.2 Å². The first-order valence-electron chi connectivity index (χ1n) is 9.43. The third kappa shape index (κ3) is 3.29. The van der Waals surface area contributed by atoms with E-state index in [1.54, 1.807) is 17.0 Å². The molecule has 0 bridgehead atoms. The van der Waals surface area contributed by atoms with Crippen LogP contribution >= 0.6 is 0 Å². The smallest absolute Gasteiger partial charge is 0.257 e. The van der Waals surface area contributed by atoms with E-state index in [1.807, 2.05) is 43.3 Å². The molecule has 0 aromatic heterocycles. The molecule has 2 saturated heterocycles. The summed E-state index contributed by atoms with van der Waals surface area (Å²) in [5.74, 6) is -0.156. The van der Waals surface area contributed by atoms with Gasteiger partial charge in [-0.25, -0.2) is 0 Å². The summed E-state index contributed by atoms with van der Waals surface area (Å²) in [4.78, 5) is 27.1. The van der Waals surface area contributed by atoms with E-state index in [4.69, 9.17) is 0 Å². The number of aromatic hydroxyl groups is 1. The van der Waals surface area contributed by atoms with Crippen LogP contribution in [0.15, 0.2) is 48.5 Å². The second kappa shape index (κ2) is 6.72. The summed E-state index contributed by atoms with van der Waals surface area (Å²) in [5.41, 5.74) is 2.08. The van der Waals surface area contributed by atoms with Crippen molar-refractivity contribution in [3.8, 4) is 5.75 Å². The molecule has 1 atom stereocenters. The maximum absolute atomic E-state index is 12.8. The van der Waals surface area contributed by atoms with Crippen LogP contribution in [0.25, 0.3) is 0 Å². The Bertz CT molecular complexity index is 870. The number of rotatable bonds is 2. The first-order chi connectivity index (χ1) is 13.0. The van der Waals surface area contributed by atoms with E-state index in [1.165, 1.54) is 0 Å². The Morgan fingerprint density at radius 2 is 1.85 bits per heavy atom. The van der Waals surface area contributed by atoms with Crippen molar-refractivity contribution in [2.24, 2.45) is 0 Å². The third-order valence-electron chi connectivity index (χ3n) is 5.89. The van der Waals surface area contributed by atoms with Gasteiger partial charge in [0.2, 0.25) is 5.91 Å². The minimum Gasteiger partial charge on any atom is -0.507 e. The van der Waals surface area contributed by atoms with E-state index in [2.05, 4.69) is 5.32 Å². The fourth-order valence-electron chi connectivity index (χ4n) is 4.30. The monoisotopic (exact) mass is 364 g/mol. The Kier molecular flexibility index (Phi) is 4.38. The quantitative estimate of drug-likeness (QED) is 0.861. The van der Waals surface area contributed by atoms with E-state index >= 15 is 0 Å². The van der Waals surface area contributed by atoms with E-state index in [0.29, 0.717) is 18.7 Å². The van der Waals surface area contributed by atoms with Gasteiger partial charge < -0.3 is 15.3 Å². The van der Waals surface area contributed by atoms with Crippen LogP contribution in [0, 0.1) is 6.92 Å². The number of carbonyl (C=O) groups excluding carboxylic acids is 2. The Labute approximate surface area is 159 Å². The van der Waals surface area contributed by atoms with Gasteiger partial charge in [0.15, 0.2) is 0 Å². The lowest BCUT2D eigenvalue weighted by Gasteiger charge is -2.39. The highest BCUT2D eigenvalue weighted by molar-refractivity contribution is 5.97. The molecule has 2 aliphatic heterocycles. The van der Waals surface area contributed by atoms with E-state index < -0.39 is 0 Å². The summed E-state index contributed by atoms with van der Waals surface area (Å²) in [6.45, 7) is 3.03. The van der Waals surface area contributed by atoms with Crippen molar-refractivity contribution < 1.29 is 14.7 Å². The standard InChI is InChI=1S/C22H24N2O3/c1-15-7-8-17(19(25)13-15)21(27)24-11-9-22(10-12-24)14-18(20(26)23-22)16-5-3-2-4-6-16/h2-8,13,18,25H,9-12,14H2,1H3,(H,23,26)/t18-/m0/s1. The second-order valence-corrected chi connectivity index (χ2v) is 7.75. The molecule has 5 nitrogen and oxygen atoms in total. The van der Waals surface area contributed by atoms with Crippen LogP contribution < -0.4 is 5.32 Å². The minimum atomic E-state index is -0.232. The number of nitrogens with zero attached hydrogens (tertiary/aromatic N) is 1. The van der Waals surface area contributed by atoms with Gasteiger partial charge in [-0.1, -0.05) is 36.4 Å². The summed E-state index contributed by atoms with van der Waals surface area (Å²) in [6.07, 6.45) is 2.24. The summed E-state index contributed by atoms with van der Waals surface area (Å²) in [7, 11) is 0. The summed E-state index contributed by atoms with van der Waals surface area (Å²) >= 11 is 0. The second-order valence-electron chi connectivity index (χ2n) is 7.75. The average Bonchev–Trinajstić information content (AvgIpc) is 2.98. The third-order valence-corrected chi connectivity index (χ3v) is 5.89. The van der Waals surface area contributed by atoms with Gasteiger partial charge >= 0.3 is 0 Å². The zero-order valence-corrected chi connectivity index (χ0v) is 15.4. The zero-order chi connectivity index (χ0) is 19.0. The zero-order valence-electron chi connectivity index (χ0n) is 15.4. The van der Waals surface area contributed by atoms with Crippen molar-refractivity contribution in [3.63, 3.8) is 0 Å². The van der Waals surface area contributed by atoms with Crippen molar-refractivity contribution in [3.05, 3.63) is 65.2 Å². The molecular weight excluding hydrogens is 340 g/mol. The molecule has 5 heteroatoms. The van der Waals surface area contributed by atoms with Crippen LogP contribution in [-0.2, 0) is 4.79 Å². The van der Waals surface area contributed by atoms with Gasteiger partial charge in [-0.05, 0) is 49.4 Å². The van der Waals surface area contributed by atoms with Gasteiger partial charge in [0.25, 0.3) is 5.91 Å². The molecular formula is C22H24N2O3. The van der Waals surface area contributed by atoms with E-state index in [0.717, 1.165) is 30.4 Å². The number of nitrogens with one attached hydrogen (secondary N) is 1. The lowest BCUT2D eigenvalue weighted by Crippen LogP contribution is -2.52. The molecule has 4 rings (SSSR count). The summed E-state index contributed by atoms with van der Waals surface area (Å²) < 4.78 is 0. The van der Waals surface area contributed by atoms with Crippen LogP contribution in [-0.4, -0.2) is 40.4 Å². The molecule has 0 radical (unpaired) electrons. The molecule has 140 valence electrons. The predicted octanol–water partition coefficient (Wildman–Crippen LogP) is 2.98. The van der Waals surface area contributed by atoms with Crippen LogP contribution in [0.4, 0.5) is 0 Å². The van der Waals surface area contributed by atoms with Crippen LogP contribution in [0.1, 0.15) is 46.7 Å². The Morgan fingerprint density at radius 1 is 1.15 bits per heavy atom. The van der Waals surface area contributed by atoms with Crippen LogP contribution in [0.2, 0.25) is 0 Å². The van der Waals surface area contributed by atoms with E-state index in [9.17, 15) is 14.7 Å². The largest absolute Gasteiger partial charge is 0.507 e. The summed E-state index contributed by atoms with van der Waals surface area (Å²) in [6, 6.07) is 15.0. The molecule has 0 saturated carbocycles. The van der Waals surface area contributed by atoms with Gasteiger partial charge in [-0.15, -0.1) is 0 Å². The fraction of sp³-hybridized carbons (Fsp3) is 0.364. The number of phenols is 1. The number of hydrogen-bond acceptors (Lipinski definition) is 3. The maximum Gasteiger partial charge on any atom is 0.257 e. The number of amides is 2. The summed E-state index contributed by atoms with van der Waals surface area (Å²) in [5, 5.41) is 13.3. The van der Waals surface area contributed by atoms with Crippen molar-refractivity contribution in [1.29, 1.82) is 0 Å². The van der Waals surface area contributed by atoms with Crippen molar-refractivity contribution >= 4 is 11.8 Å². The molecule has 0 unspecified atom stereocenters. The molecule has 0 aliphatic carbocycles. The van der Waals surface area contributed by atoms with E-state index in [-0.39, 0.29) is 29.0 Å². The first kappa shape index (κ1) is 17.6. The number of carbonyl (C=O) groups is 2. The van der Waals surface area contributed by atoms with Gasteiger partial charge in [-0.3, -0.25) is 9.59 Å². The average molecular weight is 364 g/mol. The number of aryl methyl sites for hydroxylation is 1. The first-order valence-corrected chi connectivity index (χ1v) is 9.43. The number of benzene rings is 2. The highest BCUT2D eigenvalue weighted by Gasteiger charge is 2.46. The number of hydrogen-bond donors (Lipinski definition) is 2. The molecule has 2 aromatic carbocycles. The van der Waals surface area contributed by atoms with Crippen LogP contribution in [0.5, 0.6) is 5.75 Å². The lowest BCUT2D eigenvalue weighted by atomic mass is 9.82. The van der Waals surface area contributed by atoms with Crippen LogP contribution in [0.3, 0.4) is 0 Å². The van der Waals surface area contributed by atoms with Gasteiger partial charge in [0, 0.05) is 18.6 Å². The highest BCUT2D eigenvalue weighted by atomic mass is 16.3. The van der Waals surface area contributed by atoms with Crippen molar-refractivity contribution in [2.75, 3.05) is 13.1 Å². The lowest BCUT2D eigenvalue weighted by molar-refractivity contribution is -0.121. The molecule has 2 fully saturated rings. The number of phenolic OH excluding ortho intramolecular Hbond substituents is 1. The molecule has 1 spiro atoms. The van der Waals surface area contributed by atoms with Gasteiger partial charge in [-0.2, -0.15) is 0 Å². The molecule has 2 heterocycles. The highest BCUT2D eigenvalue weighted by Crippen LogP contribution is 2.39. The predicted molar refractivity (Wildman–Crippen MR) is 103 cm³/mol. The van der Waals surface area contributed by atoms with Crippen molar-refractivity contribution in [2.45, 2.75) is 37.6 Å². The Balaban J connectivity index is 1.44. The Morgan fingerprint density at radius 3 is 2.52 bits per heavy atom. The Hall–Kier alpha value is -2.82. The maximum atomic E-state index is 12.8. The molecule has 2 aromatic rings. The molecule has 27 heavy (non-hydrogen) atoms. The molecule has 2 aliphatic rings. The molecule has 2 N–H and O–H groups in total. The normalized spacial score (nSPS) is 21.3. The van der Waals surface area contributed by atoms with Gasteiger partial charge in [0.05, 0.1) is 11.5 Å². The number of piperidine rings is 1. The molecule has 2 amide bonds. The minimum absolute atomic E-state index is 0.0265. The SMILES string of the molecule is Cc1ccc(C(=O)N2CCC3(CC2)C[C@@H](c2ccccc2)C(=O)N3)c(O)c1. The fourth-order valence-corrected chi connectivity index (χ4v) is 4.30.